The Bertz CT molecular complexity index is 838. The van der Waals surface area contributed by atoms with Crippen molar-refractivity contribution in [1.82, 2.24) is 0 Å². The zero-order valence-electron chi connectivity index (χ0n) is 13.7. The van der Waals surface area contributed by atoms with Crippen molar-refractivity contribution < 1.29 is 14.5 Å². The lowest BCUT2D eigenvalue weighted by atomic mass is 10.1. The summed E-state index contributed by atoms with van der Waals surface area (Å²) < 4.78 is 5.84. The topological polar surface area (TPSA) is 72.7 Å². The Morgan fingerprint density at radius 3 is 2.88 bits per heavy atom. The number of nitrogens with zero attached hydrogens (tertiary/aromatic N) is 2. The van der Waals surface area contributed by atoms with Crippen molar-refractivity contribution in [3.8, 4) is 5.75 Å². The lowest BCUT2D eigenvalue weighted by molar-refractivity contribution is -0.384. The Morgan fingerprint density at radius 1 is 1.36 bits per heavy atom. The summed E-state index contributed by atoms with van der Waals surface area (Å²) in [4.78, 5) is 25.1. The second-order valence-corrected chi connectivity index (χ2v) is 6.75. The summed E-state index contributed by atoms with van der Waals surface area (Å²) >= 11 is 3.30. The van der Waals surface area contributed by atoms with Crippen LogP contribution < -0.4 is 9.64 Å². The Morgan fingerprint density at radius 2 is 2.16 bits per heavy atom. The molecule has 2 aromatic rings. The largest absolute Gasteiger partial charge is 0.497 e. The normalized spacial score (nSPS) is 12.8. The Labute approximate surface area is 153 Å². The van der Waals surface area contributed by atoms with E-state index in [0.29, 0.717) is 36.0 Å². The first-order valence-corrected chi connectivity index (χ1v) is 8.69. The molecule has 1 aliphatic rings. The zero-order valence-corrected chi connectivity index (χ0v) is 15.3. The first-order chi connectivity index (χ1) is 12.0. The summed E-state index contributed by atoms with van der Waals surface area (Å²) in [7, 11) is 1.60. The number of amides is 1. The molecule has 0 fully saturated rings. The van der Waals surface area contributed by atoms with Crippen LogP contribution in [0.3, 0.4) is 0 Å². The molecule has 1 heterocycles. The quantitative estimate of drug-likeness (QED) is 0.559. The number of carbonyl (C=O) groups excluding carboxylic acids is 1. The molecule has 0 radical (unpaired) electrons. The van der Waals surface area contributed by atoms with Gasteiger partial charge in [0.25, 0.3) is 5.69 Å². The molecule has 0 saturated heterocycles. The molecule has 0 bridgehead atoms. The molecule has 7 heteroatoms. The number of anilines is 1. The number of halogens is 1. The van der Waals surface area contributed by atoms with Crippen LogP contribution in [-0.2, 0) is 17.6 Å². The van der Waals surface area contributed by atoms with E-state index in [-0.39, 0.29) is 11.6 Å². The Balaban J connectivity index is 1.78. The van der Waals surface area contributed by atoms with E-state index in [1.165, 1.54) is 6.07 Å². The smallest absolute Gasteiger partial charge is 0.294 e. The van der Waals surface area contributed by atoms with Gasteiger partial charge < -0.3 is 9.64 Å². The second-order valence-electron chi connectivity index (χ2n) is 5.84. The van der Waals surface area contributed by atoms with E-state index in [2.05, 4.69) is 15.9 Å². The van der Waals surface area contributed by atoms with Crippen molar-refractivity contribution in [2.24, 2.45) is 0 Å². The predicted molar refractivity (Wildman–Crippen MR) is 98.2 cm³/mol. The molecule has 1 amide bonds. The van der Waals surface area contributed by atoms with E-state index in [4.69, 9.17) is 4.74 Å². The highest BCUT2D eigenvalue weighted by Gasteiger charge is 2.32. The predicted octanol–water partition coefficient (Wildman–Crippen LogP) is 3.89. The highest BCUT2D eigenvalue weighted by atomic mass is 79.9. The molecule has 25 heavy (non-hydrogen) atoms. The first kappa shape index (κ1) is 17.4. The molecule has 0 aliphatic carbocycles. The first-order valence-electron chi connectivity index (χ1n) is 7.89. The molecular formula is C18H17BrN2O4. The number of rotatable bonds is 5. The van der Waals surface area contributed by atoms with Crippen LogP contribution in [0.4, 0.5) is 11.4 Å². The summed E-state index contributed by atoms with van der Waals surface area (Å²) in [6, 6.07) is 10.9. The van der Waals surface area contributed by atoms with Crippen LogP contribution in [-0.4, -0.2) is 24.5 Å². The minimum Gasteiger partial charge on any atom is -0.497 e. The van der Waals surface area contributed by atoms with E-state index >= 15 is 0 Å². The zero-order chi connectivity index (χ0) is 18.0. The van der Waals surface area contributed by atoms with Crippen molar-refractivity contribution in [3.05, 3.63) is 62.1 Å². The van der Waals surface area contributed by atoms with Crippen LogP contribution >= 0.6 is 15.9 Å². The van der Waals surface area contributed by atoms with Gasteiger partial charge in [0.2, 0.25) is 5.91 Å². The number of nitro groups is 1. The molecule has 130 valence electrons. The van der Waals surface area contributed by atoms with E-state index in [9.17, 15) is 14.9 Å². The third-order valence-corrected chi connectivity index (χ3v) is 4.73. The van der Waals surface area contributed by atoms with Gasteiger partial charge in [-0.15, -0.1) is 0 Å². The average Bonchev–Trinajstić information content (AvgIpc) is 3.02. The van der Waals surface area contributed by atoms with Crippen molar-refractivity contribution in [3.63, 3.8) is 0 Å². The summed E-state index contributed by atoms with van der Waals surface area (Å²) in [5.74, 6) is 0.643. The van der Waals surface area contributed by atoms with Crippen molar-refractivity contribution in [2.75, 3.05) is 18.6 Å². The molecule has 3 rings (SSSR count). The molecule has 1 aliphatic heterocycles. The minimum absolute atomic E-state index is 0.0309. The maximum Gasteiger partial charge on any atom is 0.294 e. The Kier molecular flexibility index (Phi) is 5.03. The fraction of sp³-hybridized carbons (Fsp3) is 0.278. The Hall–Kier alpha value is -2.41. The maximum absolute atomic E-state index is 12.7. The number of fused-ring (bicyclic) bond motifs is 1. The van der Waals surface area contributed by atoms with Gasteiger partial charge in [-0.1, -0.05) is 28.1 Å². The van der Waals surface area contributed by atoms with Gasteiger partial charge in [-0.05, 0) is 42.2 Å². The number of methoxy groups -OCH3 is 1. The van der Waals surface area contributed by atoms with E-state index < -0.39 is 4.92 Å². The fourth-order valence-corrected chi connectivity index (χ4v) is 3.58. The van der Waals surface area contributed by atoms with Crippen LogP contribution in [0.2, 0.25) is 0 Å². The fourth-order valence-electron chi connectivity index (χ4n) is 3.09. The van der Waals surface area contributed by atoms with Crippen LogP contribution in [0.5, 0.6) is 5.75 Å². The standard InChI is InChI=1S/C18H17BrN2O4/c1-25-15-4-2-3-12(9-15)5-6-17(22)20-8-7-13-10-14(19)11-16(18(13)20)21(23)24/h2-4,9-11H,5-8H2,1H3. The SMILES string of the molecule is COc1cccc(CCC(=O)N2CCc3cc(Br)cc([N+](=O)[O-])c32)c1. The van der Waals surface area contributed by atoms with Gasteiger partial charge in [-0.25, -0.2) is 0 Å². The summed E-state index contributed by atoms with van der Waals surface area (Å²) in [5, 5.41) is 11.4. The van der Waals surface area contributed by atoms with Gasteiger partial charge in [0, 0.05) is 23.5 Å². The highest BCUT2D eigenvalue weighted by molar-refractivity contribution is 9.10. The molecule has 6 nitrogen and oxygen atoms in total. The number of benzene rings is 2. The third kappa shape index (κ3) is 3.66. The van der Waals surface area contributed by atoms with Crippen LogP contribution in [0, 0.1) is 10.1 Å². The molecule has 0 unspecified atom stereocenters. The van der Waals surface area contributed by atoms with Crippen molar-refractivity contribution >= 4 is 33.2 Å². The third-order valence-electron chi connectivity index (χ3n) is 4.27. The van der Waals surface area contributed by atoms with Crippen LogP contribution in [0.25, 0.3) is 0 Å². The summed E-state index contributed by atoms with van der Waals surface area (Å²) in [6.45, 7) is 0.476. The monoisotopic (exact) mass is 404 g/mol. The van der Waals surface area contributed by atoms with Crippen LogP contribution in [0.1, 0.15) is 17.5 Å². The van der Waals surface area contributed by atoms with Gasteiger partial charge in [0.15, 0.2) is 0 Å². The number of aryl methyl sites for hydroxylation is 1. The highest BCUT2D eigenvalue weighted by Crippen LogP contribution is 2.39. The molecule has 0 aromatic heterocycles. The molecule has 2 aromatic carbocycles. The van der Waals surface area contributed by atoms with Gasteiger partial charge in [-0.2, -0.15) is 0 Å². The van der Waals surface area contributed by atoms with E-state index in [0.717, 1.165) is 16.9 Å². The number of ether oxygens (including phenoxy) is 1. The maximum atomic E-state index is 12.7. The molecule has 0 spiro atoms. The van der Waals surface area contributed by atoms with Crippen molar-refractivity contribution in [2.45, 2.75) is 19.3 Å². The lowest BCUT2D eigenvalue weighted by Gasteiger charge is -2.17. The second kappa shape index (κ2) is 7.23. The van der Waals surface area contributed by atoms with E-state index in [1.54, 1.807) is 12.0 Å². The van der Waals surface area contributed by atoms with Gasteiger partial charge in [0.1, 0.15) is 11.4 Å². The number of hydrogen-bond acceptors (Lipinski definition) is 4. The number of hydrogen-bond donors (Lipinski definition) is 0. The molecule has 0 N–H and O–H groups in total. The molecular weight excluding hydrogens is 388 g/mol. The van der Waals surface area contributed by atoms with Crippen LogP contribution in [0.15, 0.2) is 40.9 Å². The van der Waals surface area contributed by atoms with Gasteiger partial charge >= 0.3 is 0 Å². The number of nitro benzene ring substituents is 1. The summed E-state index contributed by atoms with van der Waals surface area (Å²) in [5.41, 5.74) is 2.23. The van der Waals surface area contributed by atoms with Gasteiger partial charge in [-0.3, -0.25) is 14.9 Å². The lowest BCUT2D eigenvalue weighted by Crippen LogP contribution is -2.29. The number of carbonyl (C=O) groups is 1. The average molecular weight is 405 g/mol. The summed E-state index contributed by atoms with van der Waals surface area (Å²) in [6.07, 6.45) is 1.48. The van der Waals surface area contributed by atoms with Crippen molar-refractivity contribution in [1.29, 1.82) is 0 Å². The minimum atomic E-state index is -0.433. The molecule has 0 saturated carbocycles. The molecule has 0 atom stereocenters. The van der Waals surface area contributed by atoms with E-state index in [1.807, 2.05) is 30.3 Å². The van der Waals surface area contributed by atoms with Gasteiger partial charge in [0.05, 0.1) is 12.0 Å².